The van der Waals surface area contributed by atoms with Gasteiger partial charge in [0.15, 0.2) is 5.65 Å². The standard InChI is InChI=1S/C21H20ClN3O6/c22-15-3-5-16(6-4-15)30-13-17-12-24(8-9-29-17)10-14-11-25(31-21(28)20(26)27)19-18(14)2-1-7-23-19/h1-7,11,17H,8-10,12-13H2,(H,26,27)/t17-/m0/s1. The van der Waals surface area contributed by atoms with E-state index in [0.29, 0.717) is 37.0 Å². The molecule has 0 radical (unpaired) electrons. The Morgan fingerprint density at radius 1 is 1.26 bits per heavy atom. The molecular formula is C21H20ClN3O6. The van der Waals surface area contributed by atoms with Crippen LogP contribution in [-0.2, 0) is 20.9 Å². The van der Waals surface area contributed by atoms with Crippen molar-refractivity contribution in [1.29, 1.82) is 0 Å². The second-order valence-corrected chi connectivity index (χ2v) is 7.47. The van der Waals surface area contributed by atoms with Crippen molar-refractivity contribution in [3.63, 3.8) is 0 Å². The zero-order valence-electron chi connectivity index (χ0n) is 16.4. The highest BCUT2D eigenvalue weighted by molar-refractivity contribution is 6.30. The van der Waals surface area contributed by atoms with Crippen LogP contribution < -0.4 is 9.57 Å². The summed E-state index contributed by atoms with van der Waals surface area (Å²) in [4.78, 5) is 33.6. The molecule has 1 fully saturated rings. The van der Waals surface area contributed by atoms with Crippen LogP contribution in [0.4, 0.5) is 0 Å². The van der Waals surface area contributed by atoms with Crippen LogP contribution in [0, 0.1) is 0 Å². The molecule has 1 N–H and O–H groups in total. The van der Waals surface area contributed by atoms with Crippen molar-refractivity contribution in [2.24, 2.45) is 0 Å². The molecule has 162 valence electrons. The summed E-state index contributed by atoms with van der Waals surface area (Å²) in [5.74, 6) is -2.32. The maximum atomic E-state index is 11.5. The van der Waals surface area contributed by atoms with E-state index < -0.39 is 11.9 Å². The van der Waals surface area contributed by atoms with Crippen molar-refractivity contribution in [2.75, 3.05) is 26.3 Å². The molecule has 4 rings (SSSR count). The number of aliphatic carboxylic acids is 1. The van der Waals surface area contributed by atoms with E-state index in [4.69, 9.17) is 31.0 Å². The topological polar surface area (TPSA) is 103 Å². The minimum atomic E-state index is -1.67. The minimum Gasteiger partial charge on any atom is -0.491 e. The van der Waals surface area contributed by atoms with Crippen molar-refractivity contribution >= 4 is 34.6 Å². The molecule has 0 unspecified atom stereocenters. The first-order chi connectivity index (χ1) is 15.0. The number of morpholine rings is 1. The first-order valence-electron chi connectivity index (χ1n) is 9.62. The molecule has 0 amide bonds. The van der Waals surface area contributed by atoms with Gasteiger partial charge < -0.3 is 19.4 Å². The molecular weight excluding hydrogens is 426 g/mol. The molecule has 3 heterocycles. The fourth-order valence-corrected chi connectivity index (χ4v) is 3.53. The number of benzene rings is 1. The number of nitrogens with zero attached hydrogens (tertiary/aromatic N) is 3. The number of carboxylic acid groups (broad SMARTS) is 1. The number of halogens is 1. The van der Waals surface area contributed by atoms with Gasteiger partial charge in [-0.15, -0.1) is 0 Å². The van der Waals surface area contributed by atoms with E-state index in [9.17, 15) is 9.59 Å². The van der Waals surface area contributed by atoms with Crippen LogP contribution in [0.2, 0.25) is 5.02 Å². The van der Waals surface area contributed by atoms with Crippen LogP contribution in [0.5, 0.6) is 5.75 Å². The maximum absolute atomic E-state index is 11.5. The number of hydrogen-bond acceptors (Lipinski definition) is 7. The average molecular weight is 446 g/mol. The Morgan fingerprint density at radius 2 is 2.06 bits per heavy atom. The molecule has 2 aromatic heterocycles. The summed E-state index contributed by atoms with van der Waals surface area (Å²) in [7, 11) is 0. The van der Waals surface area contributed by atoms with Crippen molar-refractivity contribution in [3.8, 4) is 5.75 Å². The Hall–Kier alpha value is -3.14. The van der Waals surface area contributed by atoms with E-state index in [1.807, 2.05) is 18.2 Å². The van der Waals surface area contributed by atoms with Gasteiger partial charge in [0.1, 0.15) is 18.5 Å². The summed E-state index contributed by atoms with van der Waals surface area (Å²) in [5.41, 5.74) is 1.24. The summed E-state index contributed by atoms with van der Waals surface area (Å²) in [5, 5.41) is 10.2. The zero-order valence-corrected chi connectivity index (χ0v) is 17.2. The quantitative estimate of drug-likeness (QED) is 0.575. The summed E-state index contributed by atoms with van der Waals surface area (Å²) >= 11 is 5.89. The summed E-state index contributed by atoms with van der Waals surface area (Å²) < 4.78 is 12.7. The Kier molecular flexibility index (Phi) is 6.36. The molecule has 3 aromatic rings. The lowest BCUT2D eigenvalue weighted by Crippen LogP contribution is -2.44. The predicted molar refractivity (Wildman–Crippen MR) is 111 cm³/mol. The van der Waals surface area contributed by atoms with Gasteiger partial charge in [0.25, 0.3) is 0 Å². The van der Waals surface area contributed by atoms with Crippen LogP contribution in [0.25, 0.3) is 11.0 Å². The van der Waals surface area contributed by atoms with Gasteiger partial charge in [0.05, 0.1) is 12.8 Å². The van der Waals surface area contributed by atoms with Gasteiger partial charge in [-0.1, -0.05) is 11.6 Å². The maximum Gasteiger partial charge on any atom is 0.441 e. The fraction of sp³-hybridized carbons (Fsp3) is 0.286. The molecule has 1 aromatic carbocycles. The third kappa shape index (κ3) is 5.13. The van der Waals surface area contributed by atoms with Crippen LogP contribution in [0.15, 0.2) is 48.8 Å². The van der Waals surface area contributed by atoms with Crippen molar-refractivity contribution in [2.45, 2.75) is 12.6 Å². The minimum absolute atomic E-state index is 0.110. The molecule has 1 saturated heterocycles. The molecule has 0 spiro atoms. The van der Waals surface area contributed by atoms with Gasteiger partial charge in [-0.2, -0.15) is 4.73 Å². The van der Waals surface area contributed by atoms with Crippen LogP contribution in [0.3, 0.4) is 0 Å². The third-order valence-corrected chi connectivity index (χ3v) is 5.09. The summed E-state index contributed by atoms with van der Waals surface area (Å²) in [6.45, 7) is 2.88. The van der Waals surface area contributed by atoms with E-state index in [1.54, 1.807) is 30.6 Å². The lowest BCUT2D eigenvalue weighted by molar-refractivity contribution is -0.163. The van der Waals surface area contributed by atoms with E-state index in [2.05, 4.69) is 9.88 Å². The number of carbonyl (C=O) groups is 2. The molecule has 10 heteroatoms. The SMILES string of the molecule is O=C(O)C(=O)On1cc(CN2CCO[C@H](COc3ccc(Cl)cc3)C2)c2cccnc21. The Labute approximate surface area is 182 Å². The van der Waals surface area contributed by atoms with Gasteiger partial charge in [-0.05, 0) is 42.0 Å². The van der Waals surface area contributed by atoms with Crippen molar-refractivity contribution < 1.29 is 29.0 Å². The molecule has 0 saturated carbocycles. The molecule has 31 heavy (non-hydrogen) atoms. The van der Waals surface area contributed by atoms with E-state index in [1.165, 1.54) is 0 Å². The monoisotopic (exact) mass is 445 g/mol. The van der Waals surface area contributed by atoms with Crippen molar-refractivity contribution in [3.05, 3.63) is 59.4 Å². The first-order valence-corrected chi connectivity index (χ1v) is 10.0. The average Bonchev–Trinajstić information content (AvgIpc) is 3.11. The third-order valence-electron chi connectivity index (χ3n) is 4.84. The zero-order chi connectivity index (χ0) is 21.8. The van der Waals surface area contributed by atoms with Gasteiger partial charge in [-0.3, -0.25) is 4.90 Å². The largest absolute Gasteiger partial charge is 0.491 e. The Morgan fingerprint density at radius 3 is 2.84 bits per heavy atom. The van der Waals surface area contributed by atoms with Crippen molar-refractivity contribution in [1.82, 2.24) is 14.6 Å². The fourth-order valence-electron chi connectivity index (χ4n) is 3.41. The molecule has 1 aliphatic heterocycles. The Bertz CT molecular complexity index is 1080. The van der Waals surface area contributed by atoms with Gasteiger partial charge in [0.2, 0.25) is 0 Å². The summed E-state index contributed by atoms with van der Waals surface area (Å²) in [6, 6.07) is 10.8. The first kappa shape index (κ1) is 21.1. The Balaban J connectivity index is 1.43. The van der Waals surface area contributed by atoms with Gasteiger partial charge >= 0.3 is 11.9 Å². The number of carbonyl (C=O) groups excluding carboxylic acids is 1. The highest BCUT2D eigenvalue weighted by Crippen LogP contribution is 2.22. The van der Waals surface area contributed by atoms with Crippen LogP contribution in [-0.4, -0.2) is 64.1 Å². The smallest absolute Gasteiger partial charge is 0.441 e. The molecule has 9 nitrogen and oxygen atoms in total. The second kappa shape index (κ2) is 9.34. The predicted octanol–water partition coefficient (Wildman–Crippen LogP) is 2.01. The normalized spacial score (nSPS) is 16.9. The van der Waals surface area contributed by atoms with Gasteiger partial charge in [-0.25, -0.2) is 14.6 Å². The highest BCUT2D eigenvalue weighted by atomic mass is 35.5. The number of fused-ring (bicyclic) bond motifs is 1. The second-order valence-electron chi connectivity index (χ2n) is 7.03. The molecule has 1 atom stereocenters. The lowest BCUT2D eigenvalue weighted by Gasteiger charge is -2.32. The number of carboxylic acids is 1. The van der Waals surface area contributed by atoms with Crippen LogP contribution >= 0.6 is 11.6 Å². The van der Waals surface area contributed by atoms with E-state index in [-0.39, 0.29) is 6.10 Å². The summed E-state index contributed by atoms with van der Waals surface area (Å²) in [6.07, 6.45) is 3.03. The number of ether oxygens (including phenoxy) is 2. The van der Waals surface area contributed by atoms with E-state index in [0.717, 1.165) is 28.0 Å². The number of rotatable bonds is 6. The van der Waals surface area contributed by atoms with E-state index >= 15 is 0 Å². The van der Waals surface area contributed by atoms with Gasteiger partial charge in [0, 0.05) is 36.2 Å². The molecule has 1 aliphatic rings. The molecule has 0 aliphatic carbocycles. The number of pyridine rings is 1. The lowest BCUT2D eigenvalue weighted by atomic mass is 10.2. The number of aromatic nitrogens is 2. The van der Waals surface area contributed by atoms with Crippen LogP contribution in [0.1, 0.15) is 5.56 Å². The highest BCUT2D eigenvalue weighted by Gasteiger charge is 2.24. The number of hydrogen-bond donors (Lipinski definition) is 1. The molecule has 0 bridgehead atoms.